The standard InChI is InChI=1S/C20H21F2N5O3.C16H15N5O3.C3H7F2NO.ClH/c21-20(22,12-28)8-6-16(29)14-4-5-15-18(24-14)27(13-7-10-26(15)11-13)19(30)25-17-3-1-2-9-23-17;22-15(23)11-4-5-12-14(18-11)21(10-6-8-20(12)9-10)16(24)19-13-3-1-2-7-17-13;4-3(5,1-6)2-7;/h1-5,9,13,28H,6-8,10-12H2,(H,23,25,30);1-5,7,10H,6,8-9H2,(H,22,23)(H,17,19,24);7H,1-2,6H2;1H/t13-;10-;;/m00../s1. The normalized spacial score (nSPS) is 17.0. The molecule has 4 aromatic rings. The maximum Gasteiger partial charge on any atom is 0.354 e. The number of urea groups is 2. The number of carboxylic acid groups (broad SMARTS) is 1. The first kappa shape index (κ1) is 46.8. The first-order valence-corrected chi connectivity index (χ1v) is 19.1. The highest BCUT2D eigenvalue weighted by molar-refractivity contribution is 6.06. The number of rotatable bonds is 10. The summed E-state index contributed by atoms with van der Waals surface area (Å²) in [5.74, 6) is -6.53. The molecule has 4 aliphatic rings. The second-order valence-electron chi connectivity index (χ2n) is 14.3. The van der Waals surface area contributed by atoms with E-state index in [0.717, 1.165) is 43.9 Å². The average Bonchev–Trinajstić information content (AvgIpc) is 3.89. The molecular weight excluding hydrogens is 846 g/mol. The molecular formula is C39H44ClF4N11O7. The molecule has 0 saturated carbocycles. The van der Waals surface area contributed by atoms with Crippen molar-refractivity contribution in [2.75, 3.05) is 76.2 Å². The van der Waals surface area contributed by atoms with Crippen LogP contribution in [-0.2, 0) is 0 Å². The third-order valence-electron chi connectivity index (χ3n) is 10.1. The monoisotopic (exact) mass is 889 g/mol. The Balaban J connectivity index is 0.000000204. The van der Waals surface area contributed by atoms with Gasteiger partial charge >= 0.3 is 18.0 Å². The van der Waals surface area contributed by atoms with Gasteiger partial charge in [0.15, 0.2) is 23.1 Å². The van der Waals surface area contributed by atoms with Gasteiger partial charge in [-0.2, -0.15) is 0 Å². The molecule has 0 radical (unpaired) electrons. The van der Waals surface area contributed by atoms with Crippen molar-refractivity contribution in [2.24, 2.45) is 5.73 Å². The van der Waals surface area contributed by atoms with Gasteiger partial charge in [0, 0.05) is 51.4 Å². The number of aromatic carboxylic acids is 1. The molecule has 23 heteroatoms. The molecule has 0 aliphatic carbocycles. The van der Waals surface area contributed by atoms with E-state index in [1.54, 1.807) is 65.8 Å². The Morgan fingerprint density at radius 2 is 1.18 bits per heavy atom. The van der Waals surface area contributed by atoms with Crippen molar-refractivity contribution in [1.82, 2.24) is 19.9 Å². The fraction of sp³-hybridized carbons (Fsp3) is 0.385. The van der Waals surface area contributed by atoms with Crippen molar-refractivity contribution >= 4 is 70.9 Å². The Labute approximate surface area is 358 Å². The zero-order valence-corrected chi connectivity index (χ0v) is 33.7. The van der Waals surface area contributed by atoms with E-state index in [1.165, 1.54) is 17.0 Å². The van der Waals surface area contributed by atoms with E-state index in [2.05, 4.69) is 46.1 Å². The maximum atomic E-state index is 13.3. The van der Waals surface area contributed by atoms with E-state index in [4.69, 9.17) is 10.2 Å². The van der Waals surface area contributed by atoms with E-state index in [9.17, 15) is 41.8 Å². The molecule has 18 nitrogen and oxygen atoms in total. The Morgan fingerprint density at radius 1 is 0.710 bits per heavy atom. The van der Waals surface area contributed by atoms with Crippen LogP contribution >= 0.6 is 12.4 Å². The van der Waals surface area contributed by atoms with Gasteiger partial charge in [0.2, 0.25) is 0 Å². The SMILES string of the molecule is Cl.NCC(F)(F)CO.O=C(CCC(F)(F)CO)c1ccc2c(n1)N(C(=O)Nc1ccccn1)[C@H]1CCN2C1.O=C(O)c1ccc2c(n1)N(C(=O)Nc1ccccn1)[C@H]1CCN2C1. The smallest absolute Gasteiger partial charge is 0.354 e. The van der Waals surface area contributed by atoms with Gasteiger partial charge in [0.1, 0.15) is 30.5 Å². The van der Waals surface area contributed by atoms with Gasteiger partial charge in [-0.15, -0.1) is 12.4 Å². The third kappa shape index (κ3) is 11.0. The minimum absolute atomic E-state index is 0. The third-order valence-corrected chi connectivity index (χ3v) is 10.1. The number of hydrogen-bond acceptors (Lipinski definition) is 13. The fourth-order valence-corrected chi connectivity index (χ4v) is 7.00. The predicted molar refractivity (Wildman–Crippen MR) is 222 cm³/mol. The van der Waals surface area contributed by atoms with Crippen molar-refractivity contribution in [3.63, 3.8) is 0 Å². The summed E-state index contributed by atoms with van der Waals surface area (Å²) in [6, 6.07) is 15.9. The number of fused-ring (bicyclic) bond motifs is 8. The zero-order valence-electron chi connectivity index (χ0n) is 32.9. The summed E-state index contributed by atoms with van der Waals surface area (Å²) in [6.45, 7) is -0.318. The van der Waals surface area contributed by atoms with Gasteiger partial charge in [0.25, 0.3) is 11.8 Å². The van der Waals surface area contributed by atoms with E-state index >= 15 is 0 Å². The number of amides is 4. The molecule has 8 heterocycles. The molecule has 4 bridgehead atoms. The Morgan fingerprint density at radius 3 is 1.58 bits per heavy atom. The van der Waals surface area contributed by atoms with Gasteiger partial charge < -0.3 is 30.9 Å². The molecule has 2 saturated heterocycles. The average molecular weight is 890 g/mol. The number of carbonyl (C=O) groups excluding carboxylic acids is 3. The summed E-state index contributed by atoms with van der Waals surface area (Å²) in [4.78, 5) is 73.5. The number of alkyl halides is 4. The number of nitrogens with zero attached hydrogens (tertiary/aromatic N) is 8. The zero-order chi connectivity index (χ0) is 43.9. The molecule has 2 atom stereocenters. The Kier molecular flexibility index (Phi) is 15.2. The molecule has 4 aromatic heterocycles. The lowest BCUT2D eigenvalue weighted by atomic mass is 10.1. The van der Waals surface area contributed by atoms with Crippen LogP contribution < -0.4 is 36.0 Å². The van der Waals surface area contributed by atoms with Gasteiger partial charge in [-0.1, -0.05) is 12.1 Å². The van der Waals surface area contributed by atoms with E-state index in [0.29, 0.717) is 29.8 Å². The highest BCUT2D eigenvalue weighted by Gasteiger charge is 2.42. The molecule has 8 rings (SSSR count). The number of pyridine rings is 4. The summed E-state index contributed by atoms with van der Waals surface area (Å²) in [5, 5.41) is 31.1. The van der Waals surface area contributed by atoms with Crippen LogP contribution in [0.3, 0.4) is 0 Å². The number of halogens is 5. The van der Waals surface area contributed by atoms with Crippen LogP contribution in [0.1, 0.15) is 46.7 Å². The number of aromatic nitrogens is 4. The van der Waals surface area contributed by atoms with Crippen molar-refractivity contribution in [3.05, 3.63) is 84.4 Å². The number of anilines is 6. The van der Waals surface area contributed by atoms with Gasteiger partial charge in [0.05, 0.1) is 30.0 Å². The molecule has 0 spiro atoms. The van der Waals surface area contributed by atoms with E-state index < -0.39 is 62.2 Å². The number of nitrogens with two attached hydrogens (primary N) is 1. The van der Waals surface area contributed by atoms with Crippen LogP contribution in [0.25, 0.3) is 0 Å². The largest absolute Gasteiger partial charge is 0.477 e. The lowest BCUT2D eigenvalue weighted by molar-refractivity contribution is -0.0560. The number of hydrogen-bond donors (Lipinski definition) is 6. The van der Waals surface area contributed by atoms with Gasteiger partial charge in [-0.3, -0.25) is 25.2 Å². The second kappa shape index (κ2) is 20.1. The number of ketones is 1. The van der Waals surface area contributed by atoms with Crippen LogP contribution in [0.2, 0.25) is 0 Å². The minimum atomic E-state index is -3.32. The molecule has 4 amide bonds. The summed E-state index contributed by atoms with van der Waals surface area (Å²) in [5.41, 5.74) is 5.95. The van der Waals surface area contributed by atoms with Crippen LogP contribution in [0, 0.1) is 0 Å². The first-order chi connectivity index (χ1) is 29.1. The second-order valence-corrected chi connectivity index (χ2v) is 14.3. The Hall–Kier alpha value is -6.23. The van der Waals surface area contributed by atoms with Crippen LogP contribution in [0.5, 0.6) is 0 Å². The number of carbonyl (C=O) groups is 4. The predicted octanol–water partition coefficient (Wildman–Crippen LogP) is 4.50. The maximum absolute atomic E-state index is 13.3. The highest BCUT2D eigenvalue weighted by atomic mass is 35.5. The van der Waals surface area contributed by atoms with E-state index in [1.807, 2.05) is 0 Å². The molecule has 0 unspecified atom stereocenters. The summed E-state index contributed by atoms with van der Waals surface area (Å²) < 4.78 is 49.6. The first-order valence-electron chi connectivity index (χ1n) is 19.1. The van der Waals surface area contributed by atoms with Crippen molar-refractivity contribution < 1.29 is 52.1 Å². The molecule has 2 fully saturated rings. The lowest BCUT2D eigenvalue weighted by Crippen LogP contribution is -2.48. The molecule has 0 aromatic carbocycles. The van der Waals surface area contributed by atoms with Gasteiger partial charge in [-0.05, 0) is 61.4 Å². The van der Waals surface area contributed by atoms with Crippen LogP contribution in [0.4, 0.5) is 61.8 Å². The number of Topliss-reactive ketones (excluding diaryl/α,β-unsaturated/α-hetero) is 1. The summed E-state index contributed by atoms with van der Waals surface area (Å²) in [6.07, 6.45) is 3.50. The lowest BCUT2D eigenvalue weighted by Gasteiger charge is -2.35. The van der Waals surface area contributed by atoms with Crippen molar-refractivity contribution in [3.8, 4) is 0 Å². The summed E-state index contributed by atoms with van der Waals surface area (Å²) >= 11 is 0. The number of carboxylic acids is 1. The van der Waals surface area contributed by atoms with Crippen molar-refractivity contribution in [2.45, 2.75) is 49.6 Å². The van der Waals surface area contributed by atoms with Crippen molar-refractivity contribution in [1.29, 1.82) is 0 Å². The summed E-state index contributed by atoms with van der Waals surface area (Å²) in [7, 11) is 0. The van der Waals surface area contributed by atoms with Gasteiger partial charge in [-0.25, -0.2) is 51.9 Å². The Bertz CT molecular complexity index is 2210. The number of nitrogens with one attached hydrogen (secondary N) is 2. The van der Waals surface area contributed by atoms with E-state index in [-0.39, 0.29) is 41.9 Å². The molecule has 4 aliphatic heterocycles. The highest BCUT2D eigenvalue weighted by Crippen LogP contribution is 2.40. The number of aliphatic hydroxyl groups is 2. The van der Waals surface area contributed by atoms with Crippen LogP contribution in [-0.4, -0.2) is 129 Å². The quantitative estimate of drug-likeness (QED) is 0.0950. The van der Waals surface area contributed by atoms with Crippen LogP contribution in [0.15, 0.2) is 73.1 Å². The minimum Gasteiger partial charge on any atom is -0.477 e. The fourth-order valence-electron chi connectivity index (χ4n) is 7.00. The molecule has 332 valence electrons. The topological polar surface area (TPSA) is 244 Å². The molecule has 62 heavy (non-hydrogen) atoms. The number of aliphatic hydroxyl groups excluding tert-OH is 2. The molecule has 7 N–H and O–H groups in total.